The van der Waals surface area contributed by atoms with Crippen molar-refractivity contribution in [2.24, 2.45) is 0 Å². The SMILES string of the molecule is Cc1cc(C(=O)NCCCc2nn(-c3ccc(F)cc3)c(N)c2C#N)ccc1[N+](=O)[O-]. The van der Waals surface area contributed by atoms with Gasteiger partial charge in [0.2, 0.25) is 0 Å². The number of aromatic nitrogens is 2. The van der Waals surface area contributed by atoms with Crippen LogP contribution in [0.4, 0.5) is 15.9 Å². The smallest absolute Gasteiger partial charge is 0.272 e. The van der Waals surface area contributed by atoms with Crippen LogP contribution in [0.2, 0.25) is 0 Å². The number of hydrogen-bond acceptors (Lipinski definition) is 6. The normalized spacial score (nSPS) is 10.5. The molecule has 0 atom stereocenters. The van der Waals surface area contributed by atoms with E-state index < -0.39 is 10.7 Å². The number of nitrogens with two attached hydrogens (primary N) is 1. The molecule has 3 aromatic rings. The predicted octanol–water partition coefficient (Wildman–Crippen LogP) is 3.04. The number of amides is 1. The summed E-state index contributed by atoms with van der Waals surface area (Å²) in [6.45, 7) is 1.88. The van der Waals surface area contributed by atoms with Crippen LogP contribution < -0.4 is 11.1 Å². The number of hydrogen-bond donors (Lipinski definition) is 2. The number of nitrogens with one attached hydrogen (secondary N) is 1. The summed E-state index contributed by atoms with van der Waals surface area (Å²) >= 11 is 0. The van der Waals surface area contributed by atoms with E-state index in [0.717, 1.165) is 0 Å². The lowest BCUT2D eigenvalue weighted by Crippen LogP contribution is -2.25. The number of anilines is 1. The number of carbonyl (C=O) groups is 1. The molecule has 3 rings (SSSR count). The Morgan fingerprint density at radius 2 is 2.03 bits per heavy atom. The minimum Gasteiger partial charge on any atom is -0.382 e. The fraction of sp³-hybridized carbons (Fsp3) is 0.190. The summed E-state index contributed by atoms with van der Waals surface area (Å²) in [7, 11) is 0. The molecule has 0 saturated carbocycles. The van der Waals surface area contributed by atoms with Crippen LogP contribution in [-0.4, -0.2) is 27.2 Å². The van der Waals surface area contributed by atoms with Gasteiger partial charge < -0.3 is 11.1 Å². The molecule has 0 aliphatic rings. The van der Waals surface area contributed by atoms with Gasteiger partial charge in [0.05, 0.1) is 16.3 Å². The van der Waals surface area contributed by atoms with Crippen LogP contribution in [0.15, 0.2) is 42.5 Å². The van der Waals surface area contributed by atoms with Crippen molar-refractivity contribution < 1.29 is 14.1 Å². The van der Waals surface area contributed by atoms with Crippen LogP contribution >= 0.6 is 0 Å². The Hall–Kier alpha value is -4.26. The molecule has 0 radical (unpaired) electrons. The average Bonchev–Trinajstić information content (AvgIpc) is 3.06. The highest BCUT2D eigenvalue weighted by molar-refractivity contribution is 5.94. The molecule has 0 fully saturated rings. The molecule has 0 bridgehead atoms. The zero-order valence-electron chi connectivity index (χ0n) is 16.6. The summed E-state index contributed by atoms with van der Waals surface area (Å²) in [6.07, 6.45) is 0.882. The molecule has 3 N–H and O–H groups in total. The third-order valence-corrected chi connectivity index (χ3v) is 4.71. The van der Waals surface area contributed by atoms with E-state index in [1.807, 2.05) is 6.07 Å². The van der Waals surface area contributed by atoms with Crippen LogP contribution in [0.1, 0.15) is 33.6 Å². The molecule has 0 unspecified atom stereocenters. The quantitative estimate of drug-likeness (QED) is 0.341. The van der Waals surface area contributed by atoms with Gasteiger partial charge in [-0.05, 0) is 56.2 Å². The Morgan fingerprint density at radius 1 is 1.32 bits per heavy atom. The first-order valence-electron chi connectivity index (χ1n) is 9.38. The minimum absolute atomic E-state index is 0.0464. The largest absolute Gasteiger partial charge is 0.382 e. The fourth-order valence-corrected chi connectivity index (χ4v) is 3.12. The molecule has 1 aromatic heterocycles. The highest BCUT2D eigenvalue weighted by Gasteiger charge is 2.17. The molecule has 158 valence electrons. The van der Waals surface area contributed by atoms with Crippen LogP contribution in [0.5, 0.6) is 0 Å². The number of nitriles is 1. The number of benzene rings is 2. The lowest BCUT2D eigenvalue weighted by molar-refractivity contribution is -0.385. The number of halogens is 1. The first-order chi connectivity index (χ1) is 14.8. The summed E-state index contributed by atoms with van der Waals surface area (Å²) in [6, 6.07) is 11.8. The number of nitrogen functional groups attached to an aromatic ring is 1. The van der Waals surface area contributed by atoms with Crippen molar-refractivity contribution in [3.05, 3.63) is 80.8 Å². The second kappa shape index (κ2) is 9.04. The van der Waals surface area contributed by atoms with Gasteiger partial charge in [-0.3, -0.25) is 14.9 Å². The molecule has 2 aromatic carbocycles. The minimum atomic E-state index is -0.499. The van der Waals surface area contributed by atoms with Crippen molar-refractivity contribution in [1.29, 1.82) is 5.26 Å². The van der Waals surface area contributed by atoms with Crippen molar-refractivity contribution in [2.45, 2.75) is 19.8 Å². The number of nitro benzene ring substituents is 1. The summed E-state index contributed by atoms with van der Waals surface area (Å²) in [4.78, 5) is 22.7. The molecular formula is C21H19FN6O3. The topological polar surface area (TPSA) is 140 Å². The number of carbonyl (C=O) groups excluding carboxylic acids is 1. The zero-order chi connectivity index (χ0) is 22.5. The van der Waals surface area contributed by atoms with E-state index >= 15 is 0 Å². The predicted molar refractivity (Wildman–Crippen MR) is 111 cm³/mol. The Kier molecular flexibility index (Phi) is 6.26. The van der Waals surface area contributed by atoms with Gasteiger partial charge in [0.15, 0.2) is 0 Å². The van der Waals surface area contributed by atoms with Gasteiger partial charge in [0.1, 0.15) is 23.3 Å². The van der Waals surface area contributed by atoms with Gasteiger partial charge in [-0.25, -0.2) is 9.07 Å². The van der Waals surface area contributed by atoms with E-state index in [0.29, 0.717) is 41.9 Å². The standard InChI is InChI=1S/C21H19FN6O3/c1-13-11-14(4-9-19(13)28(30)31)21(29)25-10-2-3-18-17(12-23)20(24)27(26-18)16-7-5-15(22)6-8-16/h4-9,11H,2-3,10,24H2,1H3,(H,25,29). The van der Waals surface area contributed by atoms with E-state index in [1.165, 1.54) is 47.1 Å². The van der Waals surface area contributed by atoms with Crippen molar-refractivity contribution in [3.63, 3.8) is 0 Å². The summed E-state index contributed by atoms with van der Waals surface area (Å²) < 4.78 is 14.5. The maximum Gasteiger partial charge on any atom is 0.272 e. The van der Waals surface area contributed by atoms with E-state index in [1.54, 1.807) is 6.92 Å². The first kappa shape index (κ1) is 21.4. The van der Waals surface area contributed by atoms with E-state index in [2.05, 4.69) is 10.4 Å². The van der Waals surface area contributed by atoms with Crippen LogP contribution in [-0.2, 0) is 6.42 Å². The Labute approximate surface area is 177 Å². The highest BCUT2D eigenvalue weighted by atomic mass is 19.1. The Bertz CT molecular complexity index is 1180. The monoisotopic (exact) mass is 422 g/mol. The first-order valence-corrected chi connectivity index (χ1v) is 9.38. The number of nitrogens with zero attached hydrogens (tertiary/aromatic N) is 4. The van der Waals surface area contributed by atoms with Gasteiger partial charge in [0, 0.05) is 23.7 Å². The highest BCUT2D eigenvalue weighted by Crippen LogP contribution is 2.22. The number of aryl methyl sites for hydroxylation is 2. The third-order valence-electron chi connectivity index (χ3n) is 4.71. The maximum atomic E-state index is 13.1. The Morgan fingerprint density at radius 3 is 2.65 bits per heavy atom. The molecule has 31 heavy (non-hydrogen) atoms. The van der Waals surface area contributed by atoms with Crippen molar-refractivity contribution in [2.75, 3.05) is 12.3 Å². The van der Waals surface area contributed by atoms with Crippen molar-refractivity contribution in [1.82, 2.24) is 15.1 Å². The molecule has 0 aliphatic heterocycles. The third kappa shape index (κ3) is 4.67. The second-order valence-corrected chi connectivity index (χ2v) is 6.82. The van der Waals surface area contributed by atoms with Crippen molar-refractivity contribution in [3.8, 4) is 11.8 Å². The molecule has 0 aliphatic carbocycles. The molecule has 1 heterocycles. The fourth-order valence-electron chi connectivity index (χ4n) is 3.12. The van der Waals surface area contributed by atoms with E-state index in [4.69, 9.17) is 5.73 Å². The van der Waals surface area contributed by atoms with Crippen LogP contribution in [0.25, 0.3) is 5.69 Å². The van der Waals surface area contributed by atoms with Gasteiger partial charge in [0.25, 0.3) is 11.6 Å². The number of nitro groups is 1. The van der Waals surface area contributed by atoms with E-state index in [9.17, 15) is 24.6 Å². The van der Waals surface area contributed by atoms with Crippen LogP contribution in [0, 0.1) is 34.2 Å². The zero-order valence-corrected chi connectivity index (χ0v) is 16.6. The van der Waals surface area contributed by atoms with Gasteiger partial charge in [-0.15, -0.1) is 0 Å². The Balaban J connectivity index is 1.63. The average molecular weight is 422 g/mol. The van der Waals surface area contributed by atoms with Crippen LogP contribution in [0.3, 0.4) is 0 Å². The van der Waals surface area contributed by atoms with Gasteiger partial charge in [-0.1, -0.05) is 0 Å². The molecule has 1 amide bonds. The van der Waals surface area contributed by atoms with Gasteiger partial charge in [-0.2, -0.15) is 10.4 Å². The van der Waals surface area contributed by atoms with Crippen molar-refractivity contribution >= 4 is 17.4 Å². The maximum absolute atomic E-state index is 13.1. The summed E-state index contributed by atoms with van der Waals surface area (Å²) in [5, 5.41) is 27.4. The summed E-state index contributed by atoms with van der Waals surface area (Å²) in [5.74, 6) is -0.585. The lowest BCUT2D eigenvalue weighted by Gasteiger charge is -2.06. The molecule has 0 spiro atoms. The molecule has 9 nitrogen and oxygen atoms in total. The lowest BCUT2D eigenvalue weighted by atomic mass is 10.1. The molecular weight excluding hydrogens is 403 g/mol. The molecule has 10 heteroatoms. The van der Waals surface area contributed by atoms with E-state index in [-0.39, 0.29) is 23.0 Å². The molecule has 0 saturated heterocycles. The summed E-state index contributed by atoms with van der Waals surface area (Å²) in [5.41, 5.74) is 7.95. The number of rotatable bonds is 7. The second-order valence-electron chi connectivity index (χ2n) is 6.82. The van der Waals surface area contributed by atoms with Gasteiger partial charge >= 0.3 is 0 Å².